The number of rotatable bonds is 4. The average molecular weight is 359 g/mol. The Balaban J connectivity index is 1.86. The van der Waals surface area contributed by atoms with E-state index in [1.165, 1.54) is 0 Å². The van der Waals surface area contributed by atoms with Gasteiger partial charge in [-0.3, -0.25) is 4.79 Å². The van der Waals surface area contributed by atoms with Crippen LogP contribution in [0.1, 0.15) is 16.1 Å². The summed E-state index contributed by atoms with van der Waals surface area (Å²) in [4.78, 5) is 13.1. The second-order valence-corrected chi connectivity index (χ2v) is 6.30. The van der Waals surface area contributed by atoms with Crippen molar-refractivity contribution in [3.63, 3.8) is 0 Å². The molecule has 4 heteroatoms. The van der Waals surface area contributed by atoms with Crippen LogP contribution in [0.2, 0.25) is 5.02 Å². The lowest BCUT2D eigenvalue weighted by molar-refractivity contribution is 0.103. The first kappa shape index (κ1) is 16.3. The summed E-state index contributed by atoms with van der Waals surface area (Å²) in [6, 6.07) is 28.1. The monoisotopic (exact) mass is 358 g/mol. The van der Waals surface area contributed by atoms with Gasteiger partial charge in [-0.25, -0.2) is 4.68 Å². The number of benzene rings is 3. The molecule has 0 aliphatic rings. The Kier molecular flexibility index (Phi) is 4.38. The van der Waals surface area contributed by atoms with E-state index in [2.05, 4.69) is 5.10 Å². The average Bonchev–Trinajstić information content (AvgIpc) is 3.15. The fourth-order valence-corrected chi connectivity index (χ4v) is 2.93. The van der Waals surface area contributed by atoms with E-state index < -0.39 is 0 Å². The quantitative estimate of drug-likeness (QED) is 0.456. The second-order valence-electron chi connectivity index (χ2n) is 5.86. The Hall–Kier alpha value is -3.17. The third-order valence-corrected chi connectivity index (χ3v) is 4.37. The molecule has 3 aromatic carbocycles. The van der Waals surface area contributed by atoms with Crippen molar-refractivity contribution in [1.29, 1.82) is 0 Å². The van der Waals surface area contributed by atoms with Crippen molar-refractivity contribution >= 4 is 17.4 Å². The zero-order chi connectivity index (χ0) is 17.9. The molecular weight excluding hydrogens is 344 g/mol. The highest BCUT2D eigenvalue weighted by molar-refractivity contribution is 6.30. The van der Waals surface area contributed by atoms with E-state index in [0.29, 0.717) is 16.3 Å². The summed E-state index contributed by atoms with van der Waals surface area (Å²) < 4.78 is 1.69. The molecule has 126 valence electrons. The predicted molar refractivity (Wildman–Crippen MR) is 104 cm³/mol. The molecule has 0 unspecified atom stereocenters. The summed E-state index contributed by atoms with van der Waals surface area (Å²) in [5.41, 5.74) is 3.63. The number of carbonyl (C=O) groups is 1. The van der Waals surface area contributed by atoms with Gasteiger partial charge in [0.1, 0.15) is 5.69 Å². The minimum absolute atomic E-state index is 0.0674. The minimum atomic E-state index is -0.0674. The van der Waals surface area contributed by atoms with Crippen LogP contribution in [0, 0.1) is 0 Å². The second kappa shape index (κ2) is 6.98. The number of aromatic nitrogens is 2. The number of ketones is 1. The Morgan fingerprint density at radius 2 is 1.42 bits per heavy atom. The summed E-state index contributed by atoms with van der Waals surface area (Å²) in [5, 5.41) is 5.34. The Bertz CT molecular complexity index is 1040. The van der Waals surface area contributed by atoms with Crippen LogP contribution in [0.4, 0.5) is 0 Å². The maximum Gasteiger partial charge on any atom is 0.211 e. The van der Waals surface area contributed by atoms with Gasteiger partial charge in [0.15, 0.2) is 0 Å². The van der Waals surface area contributed by atoms with E-state index in [1.54, 1.807) is 4.68 Å². The third-order valence-electron chi connectivity index (χ3n) is 4.12. The van der Waals surface area contributed by atoms with Gasteiger partial charge in [0.25, 0.3) is 0 Å². The zero-order valence-electron chi connectivity index (χ0n) is 13.8. The smallest absolute Gasteiger partial charge is 0.211 e. The van der Waals surface area contributed by atoms with E-state index in [4.69, 9.17) is 11.6 Å². The largest absolute Gasteiger partial charge is 0.287 e. The van der Waals surface area contributed by atoms with Gasteiger partial charge in [0, 0.05) is 16.1 Å². The van der Waals surface area contributed by atoms with E-state index in [-0.39, 0.29) is 5.78 Å². The van der Waals surface area contributed by atoms with Gasteiger partial charge in [0.05, 0.1) is 11.4 Å². The standard InChI is InChI=1S/C22H15ClN2O/c23-18-13-11-16(12-14-18)20-15-21(22(26)17-7-3-1-4-8-17)25(24-20)19-9-5-2-6-10-19/h1-15H. The number of para-hydroxylation sites is 1. The summed E-state index contributed by atoms with van der Waals surface area (Å²) in [7, 11) is 0. The molecule has 0 bridgehead atoms. The molecule has 1 heterocycles. The molecule has 0 saturated heterocycles. The molecule has 0 fully saturated rings. The van der Waals surface area contributed by atoms with Crippen molar-refractivity contribution in [2.75, 3.05) is 0 Å². The van der Waals surface area contributed by atoms with E-state index in [9.17, 15) is 4.79 Å². The molecule has 4 aromatic rings. The lowest BCUT2D eigenvalue weighted by Gasteiger charge is -2.06. The molecule has 4 rings (SSSR count). The number of hydrogen-bond donors (Lipinski definition) is 0. The van der Waals surface area contributed by atoms with Gasteiger partial charge < -0.3 is 0 Å². The molecule has 0 aliphatic carbocycles. The fourth-order valence-electron chi connectivity index (χ4n) is 2.81. The molecule has 0 saturated carbocycles. The first-order valence-electron chi connectivity index (χ1n) is 8.23. The minimum Gasteiger partial charge on any atom is -0.287 e. The Morgan fingerprint density at radius 1 is 0.808 bits per heavy atom. The fraction of sp³-hybridized carbons (Fsp3) is 0. The third kappa shape index (κ3) is 3.17. The molecule has 3 nitrogen and oxygen atoms in total. The van der Waals surface area contributed by atoms with Crippen LogP contribution in [0.5, 0.6) is 0 Å². The molecular formula is C22H15ClN2O. The lowest BCUT2D eigenvalue weighted by Crippen LogP contribution is -2.09. The topological polar surface area (TPSA) is 34.9 Å². The van der Waals surface area contributed by atoms with Crippen LogP contribution in [0.15, 0.2) is 91.0 Å². The highest BCUT2D eigenvalue weighted by atomic mass is 35.5. The summed E-state index contributed by atoms with van der Waals surface area (Å²) in [6.07, 6.45) is 0. The van der Waals surface area contributed by atoms with Gasteiger partial charge >= 0.3 is 0 Å². The molecule has 0 atom stereocenters. The molecule has 1 aromatic heterocycles. The first-order chi connectivity index (χ1) is 12.7. The number of halogens is 1. The highest BCUT2D eigenvalue weighted by Crippen LogP contribution is 2.24. The van der Waals surface area contributed by atoms with Crippen LogP contribution < -0.4 is 0 Å². The highest BCUT2D eigenvalue weighted by Gasteiger charge is 2.18. The van der Waals surface area contributed by atoms with Crippen molar-refractivity contribution < 1.29 is 4.79 Å². The van der Waals surface area contributed by atoms with Gasteiger partial charge in [-0.05, 0) is 30.3 Å². The van der Waals surface area contributed by atoms with Crippen molar-refractivity contribution in [1.82, 2.24) is 9.78 Å². The molecule has 26 heavy (non-hydrogen) atoms. The number of hydrogen-bond acceptors (Lipinski definition) is 2. The molecule has 0 radical (unpaired) electrons. The molecule has 0 N–H and O–H groups in total. The maximum atomic E-state index is 13.1. The van der Waals surface area contributed by atoms with Crippen LogP contribution in [-0.2, 0) is 0 Å². The van der Waals surface area contributed by atoms with Crippen LogP contribution >= 0.6 is 11.6 Å². The predicted octanol–water partition coefficient (Wildman–Crippen LogP) is 5.42. The summed E-state index contributed by atoms with van der Waals surface area (Å²) in [6.45, 7) is 0. The van der Waals surface area contributed by atoms with Crippen LogP contribution in [0.25, 0.3) is 16.9 Å². The van der Waals surface area contributed by atoms with Crippen molar-refractivity contribution in [3.8, 4) is 16.9 Å². The number of nitrogens with zero attached hydrogens (tertiary/aromatic N) is 2. The molecule has 0 amide bonds. The van der Waals surface area contributed by atoms with Gasteiger partial charge in [-0.2, -0.15) is 5.10 Å². The SMILES string of the molecule is O=C(c1ccccc1)c1cc(-c2ccc(Cl)cc2)nn1-c1ccccc1. The van der Waals surface area contributed by atoms with Crippen LogP contribution in [0.3, 0.4) is 0 Å². The van der Waals surface area contributed by atoms with Crippen molar-refractivity contribution in [2.24, 2.45) is 0 Å². The van der Waals surface area contributed by atoms with Gasteiger partial charge in [-0.15, -0.1) is 0 Å². The molecule has 0 spiro atoms. The van der Waals surface area contributed by atoms with Crippen molar-refractivity contribution in [3.05, 3.63) is 107 Å². The summed E-state index contributed by atoms with van der Waals surface area (Å²) >= 11 is 5.98. The maximum absolute atomic E-state index is 13.1. The zero-order valence-corrected chi connectivity index (χ0v) is 14.6. The van der Waals surface area contributed by atoms with Gasteiger partial charge in [-0.1, -0.05) is 72.3 Å². The summed E-state index contributed by atoms with van der Waals surface area (Å²) in [5.74, 6) is -0.0674. The van der Waals surface area contributed by atoms with Gasteiger partial charge in [0.2, 0.25) is 5.78 Å². The Labute approximate surface area is 156 Å². The lowest BCUT2D eigenvalue weighted by atomic mass is 10.1. The Morgan fingerprint density at radius 3 is 2.08 bits per heavy atom. The normalized spacial score (nSPS) is 10.7. The van der Waals surface area contributed by atoms with Crippen molar-refractivity contribution in [2.45, 2.75) is 0 Å². The van der Waals surface area contributed by atoms with Crippen LogP contribution in [-0.4, -0.2) is 15.6 Å². The number of carbonyl (C=O) groups excluding carboxylic acids is 1. The first-order valence-corrected chi connectivity index (χ1v) is 8.61. The molecule has 0 aliphatic heterocycles. The van der Waals surface area contributed by atoms with E-state index in [0.717, 1.165) is 16.9 Å². The van der Waals surface area contributed by atoms with E-state index in [1.807, 2.05) is 91.0 Å². The van der Waals surface area contributed by atoms with E-state index >= 15 is 0 Å².